The summed E-state index contributed by atoms with van der Waals surface area (Å²) in [5.74, 6) is -0.340. The average molecular weight is 301 g/mol. The lowest BCUT2D eigenvalue weighted by molar-refractivity contribution is 0.0932. The fraction of sp³-hybridized carbons (Fsp3) is 0.222. The molecule has 2 unspecified atom stereocenters. The summed E-state index contributed by atoms with van der Waals surface area (Å²) >= 11 is 6.25. The zero-order valence-electron chi connectivity index (χ0n) is 11.8. The van der Waals surface area contributed by atoms with E-state index in [4.69, 9.17) is 11.6 Å². The minimum Gasteiger partial charge on any atom is -0.294 e. The molecule has 0 saturated carbocycles. The topological polar surface area (TPSA) is 34.1 Å². The molecule has 0 spiro atoms. The molecule has 0 aliphatic heterocycles. The summed E-state index contributed by atoms with van der Waals surface area (Å²) in [7, 11) is 0. The molecule has 2 nitrogen and oxygen atoms in total. The van der Waals surface area contributed by atoms with Gasteiger partial charge in [-0.15, -0.1) is 11.6 Å². The minimum absolute atomic E-state index is 0.00890. The van der Waals surface area contributed by atoms with Crippen LogP contribution in [0.2, 0.25) is 0 Å². The summed E-state index contributed by atoms with van der Waals surface area (Å²) in [6.45, 7) is 1.83. The molecular weight excluding hydrogens is 284 g/mol. The molecule has 0 aromatic heterocycles. The van der Waals surface area contributed by atoms with Crippen molar-refractivity contribution in [2.24, 2.45) is 5.92 Å². The lowest BCUT2D eigenvalue weighted by Crippen LogP contribution is -2.24. The normalized spacial score (nSPS) is 13.4. The fourth-order valence-electron chi connectivity index (χ4n) is 2.16. The van der Waals surface area contributed by atoms with Crippen LogP contribution in [-0.4, -0.2) is 16.9 Å². The molecule has 0 fully saturated rings. The highest BCUT2D eigenvalue weighted by Crippen LogP contribution is 2.21. The van der Waals surface area contributed by atoms with Gasteiger partial charge in [0.25, 0.3) is 0 Å². The maximum absolute atomic E-state index is 12.3. The van der Waals surface area contributed by atoms with Gasteiger partial charge in [-0.05, 0) is 5.92 Å². The summed E-state index contributed by atoms with van der Waals surface area (Å²) in [6.07, 6.45) is 0.261. The van der Waals surface area contributed by atoms with E-state index in [-0.39, 0.29) is 23.9 Å². The monoisotopic (exact) mass is 300 g/mol. The van der Waals surface area contributed by atoms with Crippen molar-refractivity contribution < 1.29 is 9.59 Å². The van der Waals surface area contributed by atoms with Gasteiger partial charge in [-0.25, -0.2) is 0 Å². The Morgan fingerprint density at radius 2 is 1.38 bits per heavy atom. The van der Waals surface area contributed by atoms with Gasteiger partial charge in [-0.3, -0.25) is 9.59 Å². The van der Waals surface area contributed by atoms with Crippen molar-refractivity contribution in [3.63, 3.8) is 0 Å². The highest BCUT2D eigenvalue weighted by molar-refractivity contribution is 6.34. The molecule has 0 bridgehead atoms. The van der Waals surface area contributed by atoms with Crippen molar-refractivity contribution >= 4 is 23.2 Å². The van der Waals surface area contributed by atoms with Gasteiger partial charge >= 0.3 is 0 Å². The van der Waals surface area contributed by atoms with Gasteiger partial charge in [0, 0.05) is 17.5 Å². The summed E-state index contributed by atoms with van der Waals surface area (Å²) in [4.78, 5) is 24.4. The van der Waals surface area contributed by atoms with Gasteiger partial charge in [0.1, 0.15) is 0 Å². The number of halogens is 1. The van der Waals surface area contributed by atoms with E-state index in [1.54, 1.807) is 36.4 Å². The van der Waals surface area contributed by atoms with Gasteiger partial charge in [-0.1, -0.05) is 67.6 Å². The standard InChI is InChI=1S/C18H17ClO2/c1-13(12-16(20)14-8-4-2-5-9-14)17(19)18(21)15-10-6-3-7-11-15/h2-11,13,17H,12H2,1H3. The molecule has 2 aromatic carbocycles. The van der Waals surface area contributed by atoms with Crippen molar-refractivity contribution in [1.29, 1.82) is 0 Å². The molecular formula is C18H17ClO2. The molecule has 0 aliphatic carbocycles. The number of Topliss-reactive ketones (excluding diaryl/α,β-unsaturated/α-hetero) is 2. The maximum atomic E-state index is 12.3. The molecule has 2 atom stereocenters. The van der Waals surface area contributed by atoms with Crippen LogP contribution >= 0.6 is 11.6 Å². The Balaban J connectivity index is 2.01. The summed E-state index contributed by atoms with van der Waals surface area (Å²) < 4.78 is 0. The molecule has 0 radical (unpaired) electrons. The lowest BCUT2D eigenvalue weighted by atomic mass is 9.93. The highest BCUT2D eigenvalue weighted by atomic mass is 35.5. The molecule has 3 heteroatoms. The Hall–Kier alpha value is -1.93. The minimum atomic E-state index is -0.694. The summed E-state index contributed by atoms with van der Waals surface area (Å²) in [5.41, 5.74) is 1.23. The fourth-order valence-corrected chi connectivity index (χ4v) is 2.37. The second-order valence-corrected chi connectivity index (χ2v) is 5.57. The Morgan fingerprint density at radius 1 is 0.905 bits per heavy atom. The van der Waals surface area contributed by atoms with Crippen LogP contribution in [0, 0.1) is 5.92 Å². The van der Waals surface area contributed by atoms with E-state index in [9.17, 15) is 9.59 Å². The van der Waals surface area contributed by atoms with Crippen LogP contribution in [0.5, 0.6) is 0 Å². The van der Waals surface area contributed by atoms with Crippen molar-refractivity contribution in [3.8, 4) is 0 Å². The van der Waals surface area contributed by atoms with E-state index in [1.807, 2.05) is 31.2 Å². The van der Waals surface area contributed by atoms with Crippen molar-refractivity contribution in [2.45, 2.75) is 18.7 Å². The maximum Gasteiger partial charge on any atom is 0.180 e. The van der Waals surface area contributed by atoms with E-state index in [0.717, 1.165) is 0 Å². The zero-order chi connectivity index (χ0) is 15.2. The quantitative estimate of drug-likeness (QED) is 0.586. The van der Waals surface area contributed by atoms with Gasteiger partial charge in [0.2, 0.25) is 0 Å². The number of carbonyl (C=O) groups excluding carboxylic acids is 2. The Bertz CT molecular complexity index is 608. The second kappa shape index (κ2) is 7.19. The molecule has 0 N–H and O–H groups in total. The number of hydrogen-bond acceptors (Lipinski definition) is 2. The number of alkyl halides is 1. The van der Waals surface area contributed by atoms with Crippen LogP contribution in [0.3, 0.4) is 0 Å². The van der Waals surface area contributed by atoms with E-state index >= 15 is 0 Å². The Labute approximate surface area is 129 Å². The molecule has 2 rings (SSSR count). The van der Waals surface area contributed by atoms with Gasteiger partial charge in [0.15, 0.2) is 11.6 Å². The molecule has 21 heavy (non-hydrogen) atoms. The smallest absolute Gasteiger partial charge is 0.180 e. The first-order valence-electron chi connectivity index (χ1n) is 6.91. The molecule has 0 aliphatic rings. The summed E-state index contributed by atoms with van der Waals surface area (Å²) in [5, 5.41) is -0.694. The van der Waals surface area contributed by atoms with Crippen molar-refractivity contribution in [2.75, 3.05) is 0 Å². The molecule has 0 amide bonds. The first-order valence-corrected chi connectivity index (χ1v) is 7.35. The first kappa shape index (κ1) is 15.5. The van der Waals surface area contributed by atoms with Gasteiger partial charge in [0.05, 0.1) is 5.38 Å². The number of ketones is 2. The van der Waals surface area contributed by atoms with Crippen LogP contribution in [0.4, 0.5) is 0 Å². The highest BCUT2D eigenvalue weighted by Gasteiger charge is 2.25. The lowest BCUT2D eigenvalue weighted by Gasteiger charge is -2.16. The third-order valence-electron chi connectivity index (χ3n) is 3.41. The largest absolute Gasteiger partial charge is 0.294 e. The van der Waals surface area contributed by atoms with E-state index in [0.29, 0.717) is 11.1 Å². The predicted molar refractivity (Wildman–Crippen MR) is 85.0 cm³/mol. The Morgan fingerprint density at radius 3 is 1.90 bits per heavy atom. The van der Waals surface area contributed by atoms with Crippen LogP contribution in [0.15, 0.2) is 60.7 Å². The number of carbonyl (C=O) groups is 2. The van der Waals surface area contributed by atoms with Crippen LogP contribution in [0.25, 0.3) is 0 Å². The number of hydrogen-bond donors (Lipinski definition) is 0. The van der Waals surface area contributed by atoms with Gasteiger partial charge in [-0.2, -0.15) is 0 Å². The number of benzene rings is 2. The van der Waals surface area contributed by atoms with Crippen LogP contribution in [0.1, 0.15) is 34.1 Å². The van der Waals surface area contributed by atoms with Crippen molar-refractivity contribution in [3.05, 3.63) is 71.8 Å². The Kier molecular flexibility index (Phi) is 5.29. The molecule has 0 heterocycles. The van der Waals surface area contributed by atoms with Gasteiger partial charge < -0.3 is 0 Å². The van der Waals surface area contributed by atoms with E-state index in [2.05, 4.69) is 0 Å². The molecule has 0 saturated heterocycles. The molecule has 108 valence electrons. The number of rotatable bonds is 6. The third kappa shape index (κ3) is 4.02. The average Bonchev–Trinajstić information content (AvgIpc) is 2.55. The van der Waals surface area contributed by atoms with E-state index < -0.39 is 5.38 Å². The van der Waals surface area contributed by atoms with Crippen molar-refractivity contribution in [1.82, 2.24) is 0 Å². The second-order valence-electron chi connectivity index (χ2n) is 5.10. The first-order chi connectivity index (χ1) is 10.1. The summed E-state index contributed by atoms with van der Waals surface area (Å²) in [6, 6.07) is 18.0. The van der Waals surface area contributed by atoms with E-state index in [1.165, 1.54) is 0 Å². The predicted octanol–water partition coefficient (Wildman–Crippen LogP) is 4.39. The molecule has 2 aromatic rings. The SMILES string of the molecule is CC(CC(=O)c1ccccc1)C(Cl)C(=O)c1ccccc1. The third-order valence-corrected chi connectivity index (χ3v) is 4.04. The zero-order valence-corrected chi connectivity index (χ0v) is 12.6. The van der Waals surface area contributed by atoms with Crippen LogP contribution < -0.4 is 0 Å². The van der Waals surface area contributed by atoms with Crippen LogP contribution in [-0.2, 0) is 0 Å².